The van der Waals surface area contributed by atoms with Gasteiger partial charge in [-0.25, -0.2) is 0 Å². The summed E-state index contributed by atoms with van der Waals surface area (Å²) in [5, 5.41) is 5.48. The number of carbonyl (C=O) groups excluding carboxylic acids is 3. The molecule has 2 N–H and O–H groups in total. The van der Waals surface area contributed by atoms with Gasteiger partial charge in [0.2, 0.25) is 17.7 Å². The third-order valence-electron chi connectivity index (χ3n) is 3.25. The molecule has 1 rings (SSSR count). The summed E-state index contributed by atoms with van der Waals surface area (Å²) in [7, 11) is 0. The van der Waals surface area contributed by atoms with Crippen LogP contribution in [0.1, 0.15) is 27.2 Å². The minimum atomic E-state index is -0.121. The first-order valence-electron chi connectivity index (χ1n) is 7.42. The second-order valence-corrected chi connectivity index (χ2v) is 5.61. The van der Waals surface area contributed by atoms with E-state index in [9.17, 15) is 14.4 Å². The first kappa shape index (κ1) is 17.4. The van der Waals surface area contributed by atoms with Crippen molar-refractivity contribution in [2.75, 3.05) is 39.3 Å². The molecule has 1 aliphatic heterocycles. The molecule has 3 amide bonds. The fourth-order valence-corrected chi connectivity index (χ4v) is 2.23. The van der Waals surface area contributed by atoms with Gasteiger partial charge in [0.25, 0.3) is 0 Å². The van der Waals surface area contributed by atoms with Crippen LogP contribution in [0, 0.1) is 0 Å². The molecule has 0 radical (unpaired) electrons. The topological polar surface area (TPSA) is 81.8 Å². The Morgan fingerprint density at radius 1 is 1.10 bits per heavy atom. The quantitative estimate of drug-likeness (QED) is 0.671. The highest BCUT2D eigenvalue weighted by Gasteiger charge is 2.22. The number of rotatable bonds is 6. The van der Waals surface area contributed by atoms with Crippen LogP contribution >= 0.6 is 0 Å². The molecule has 0 aromatic rings. The molecule has 21 heavy (non-hydrogen) atoms. The molecule has 1 heterocycles. The number of carbonyl (C=O) groups is 3. The van der Waals surface area contributed by atoms with Crippen LogP contribution in [0.2, 0.25) is 0 Å². The van der Waals surface area contributed by atoms with E-state index < -0.39 is 0 Å². The van der Waals surface area contributed by atoms with E-state index in [-0.39, 0.29) is 23.8 Å². The zero-order chi connectivity index (χ0) is 15.8. The van der Waals surface area contributed by atoms with Gasteiger partial charge in [0, 0.05) is 52.1 Å². The molecular formula is C14H26N4O3. The molecule has 0 bridgehead atoms. The third kappa shape index (κ3) is 7.08. The van der Waals surface area contributed by atoms with Crippen LogP contribution < -0.4 is 10.6 Å². The number of hydrogen-bond acceptors (Lipinski definition) is 4. The smallest absolute Gasteiger partial charge is 0.234 e. The Kier molecular flexibility index (Phi) is 7.14. The summed E-state index contributed by atoms with van der Waals surface area (Å²) < 4.78 is 0. The highest BCUT2D eigenvalue weighted by Crippen LogP contribution is 2.03. The van der Waals surface area contributed by atoms with Crippen LogP contribution in [-0.2, 0) is 14.4 Å². The molecule has 0 spiro atoms. The molecule has 7 nitrogen and oxygen atoms in total. The Morgan fingerprint density at radius 2 is 1.71 bits per heavy atom. The predicted octanol–water partition coefficient (Wildman–Crippen LogP) is -0.819. The Hall–Kier alpha value is -1.63. The lowest BCUT2D eigenvalue weighted by molar-refractivity contribution is -0.133. The van der Waals surface area contributed by atoms with Crippen LogP contribution in [0.3, 0.4) is 0 Å². The highest BCUT2D eigenvalue weighted by atomic mass is 16.2. The number of nitrogens with one attached hydrogen (secondary N) is 2. The molecule has 0 atom stereocenters. The molecular weight excluding hydrogens is 272 g/mol. The summed E-state index contributed by atoms with van der Waals surface area (Å²) in [6.45, 7) is 8.74. The van der Waals surface area contributed by atoms with Crippen molar-refractivity contribution in [1.29, 1.82) is 0 Å². The average Bonchev–Trinajstić information content (AvgIpc) is 2.37. The second kappa shape index (κ2) is 8.61. The molecule has 0 aromatic heterocycles. The monoisotopic (exact) mass is 298 g/mol. The van der Waals surface area contributed by atoms with Gasteiger partial charge in [-0.05, 0) is 13.8 Å². The van der Waals surface area contributed by atoms with Crippen molar-refractivity contribution in [3.05, 3.63) is 0 Å². The maximum Gasteiger partial charge on any atom is 0.234 e. The zero-order valence-electron chi connectivity index (χ0n) is 13.1. The summed E-state index contributed by atoms with van der Waals surface area (Å²) >= 11 is 0. The van der Waals surface area contributed by atoms with E-state index >= 15 is 0 Å². The first-order chi connectivity index (χ1) is 9.88. The number of piperazine rings is 1. The third-order valence-corrected chi connectivity index (χ3v) is 3.25. The second-order valence-electron chi connectivity index (χ2n) is 5.61. The van der Waals surface area contributed by atoms with Gasteiger partial charge in [-0.3, -0.25) is 19.3 Å². The summed E-state index contributed by atoms with van der Waals surface area (Å²) in [5.41, 5.74) is 0. The SMILES string of the molecule is CC(=O)NCCC(=O)N1CCN(CC(=O)NC(C)C)CC1. The van der Waals surface area contributed by atoms with E-state index in [2.05, 4.69) is 15.5 Å². The largest absolute Gasteiger partial charge is 0.356 e. The van der Waals surface area contributed by atoms with Crippen molar-refractivity contribution >= 4 is 17.7 Å². The zero-order valence-corrected chi connectivity index (χ0v) is 13.1. The predicted molar refractivity (Wildman–Crippen MR) is 79.6 cm³/mol. The van der Waals surface area contributed by atoms with Crippen molar-refractivity contribution in [3.8, 4) is 0 Å². The van der Waals surface area contributed by atoms with Crippen LogP contribution in [0.5, 0.6) is 0 Å². The first-order valence-corrected chi connectivity index (χ1v) is 7.42. The fourth-order valence-electron chi connectivity index (χ4n) is 2.23. The minimum absolute atomic E-state index is 0.0236. The maximum atomic E-state index is 11.9. The molecule has 0 aromatic carbocycles. The fraction of sp³-hybridized carbons (Fsp3) is 0.786. The molecule has 120 valence electrons. The summed E-state index contributed by atoms with van der Waals surface area (Å²) in [4.78, 5) is 38.2. The molecule has 0 aliphatic carbocycles. The van der Waals surface area contributed by atoms with Gasteiger partial charge in [0.05, 0.1) is 6.54 Å². The van der Waals surface area contributed by atoms with Crippen LogP contribution in [0.15, 0.2) is 0 Å². The molecule has 0 saturated carbocycles. The van der Waals surface area contributed by atoms with Gasteiger partial charge in [0.1, 0.15) is 0 Å². The van der Waals surface area contributed by atoms with Crippen molar-refractivity contribution in [1.82, 2.24) is 20.4 Å². The van der Waals surface area contributed by atoms with Crippen LogP contribution in [0.25, 0.3) is 0 Å². The van der Waals surface area contributed by atoms with E-state index in [0.29, 0.717) is 45.7 Å². The van der Waals surface area contributed by atoms with Gasteiger partial charge < -0.3 is 15.5 Å². The van der Waals surface area contributed by atoms with Gasteiger partial charge in [0.15, 0.2) is 0 Å². The lowest BCUT2D eigenvalue weighted by atomic mass is 10.2. The van der Waals surface area contributed by atoms with E-state index in [1.54, 1.807) is 4.90 Å². The summed E-state index contributed by atoms with van der Waals surface area (Å²) in [5.74, 6) is -0.0470. The Labute approximate surface area is 126 Å². The molecule has 7 heteroatoms. The average molecular weight is 298 g/mol. The number of hydrogen-bond donors (Lipinski definition) is 2. The van der Waals surface area contributed by atoms with Crippen molar-refractivity contribution in [3.63, 3.8) is 0 Å². The van der Waals surface area contributed by atoms with Crippen molar-refractivity contribution in [2.24, 2.45) is 0 Å². The van der Waals surface area contributed by atoms with Gasteiger partial charge in [-0.15, -0.1) is 0 Å². The van der Waals surface area contributed by atoms with Gasteiger partial charge in [-0.2, -0.15) is 0 Å². The van der Waals surface area contributed by atoms with E-state index in [0.717, 1.165) is 0 Å². The van der Waals surface area contributed by atoms with E-state index in [4.69, 9.17) is 0 Å². The number of amides is 3. The molecule has 0 unspecified atom stereocenters. The van der Waals surface area contributed by atoms with Crippen LogP contribution in [0.4, 0.5) is 0 Å². The summed E-state index contributed by atoms with van der Waals surface area (Å²) in [6.07, 6.45) is 0.327. The number of nitrogens with zero attached hydrogens (tertiary/aromatic N) is 2. The van der Waals surface area contributed by atoms with E-state index in [1.807, 2.05) is 13.8 Å². The van der Waals surface area contributed by atoms with Gasteiger partial charge >= 0.3 is 0 Å². The molecule has 1 saturated heterocycles. The van der Waals surface area contributed by atoms with Crippen molar-refractivity contribution < 1.29 is 14.4 Å². The highest BCUT2D eigenvalue weighted by molar-refractivity contribution is 5.79. The van der Waals surface area contributed by atoms with Gasteiger partial charge in [-0.1, -0.05) is 0 Å². The lowest BCUT2D eigenvalue weighted by Crippen LogP contribution is -2.51. The summed E-state index contributed by atoms with van der Waals surface area (Å²) in [6, 6.07) is 0.147. The van der Waals surface area contributed by atoms with Crippen molar-refractivity contribution in [2.45, 2.75) is 33.2 Å². The molecule has 1 aliphatic rings. The Morgan fingerprint density at radius 3 is 2.24 bits per heavy atom. The molecule has 1 fully saturated rings. The van der Waals surface area contributed by atoms with E-state index in [1.165, 1.54) is 6.92 Å². The maximum absolute atomic E-state index is 11.9. The Bertz CT molecular complexity index is 376. The Balaban J connectivity index is 2.23. The minimum Gasteiger partial charge on any atom is -0.356 e. The normalized spacial score (nSPS) is 15.9. The van der Waals surface area contributed by atoms with Crippen LogP contribution in [-0.4, -0.2) is 72.8 Å². The standard InChI is InChI=1S/C14H26N4O3/c1-11(2)16-13(20)10-17-6-8-18(9-7-17)14(21)4-5-15-12(3)19/h11H,4-10H2,1-3H3,(H,15,19)(H,16,20). The lowest BCUT2D eigenvalue weighted by Gasteiger charge is -2.34.